The van der Waals surface area contributed by atoms with Crippen molar-refractivity contribution >= 4 is 5.91 Å². The fraction of sp³-hybridized carbons (Fsp3) is 0.333. The third-order valence-corrected chi connectivity index (χ3v) is 3.78. The monoisotopic (exact) mass is 327 g/mol. The summed E-state index contributed by atoms with van der Waals surface area (Å²) < 4.78 is 11.3. The predicted octanol–water partition coefficient (Wildman–Crippen LogP) is 2.11. The second-order valence-electron chi connectivity index (χ2n) is 5.56. The zero-order valence-corrected chi connectivity index (χ0v) is 13.6. The van der Waals surface area contributed by atoms with E-state index in [-0.39, 0.29) is 11.8 Å². The molecule has 1 aliphatic heterocycles. The highest BCUT2D eigenvalue weighted by molar-refractivity contribution is 5.79. The van der Waals surface area contributed by atoms with Crippen molar-refractivity contribution < 1.29 is 14.3 Å². The van der Waals surface area contributed by atoms with Crippen LogP contribution in [-0.4, -0.2) is 30.6 Å². The van der Waals surface area contributed by atoms with Gasteiger partial charge in [-0.2, -0.15) is 0 Å². The summed E-state index contributed by atoms with van der Waals surface area (Å²) in [6.45, 7) is 4.49. The summed E-state index contributed by atoms with van der Waals surface area (Å²) in [6.07, 6.45) is 1.71. The zero-order chi connectivity index (χ0) is 16.8. The molecule has 0 aliphatic carbocycles. The number of benzene rings is 1. The fourth-order valence-corrected chi connectivity index (χ4v) is 2.31. The molecule has 2 N–H and O–H groups in total. The lowest BCUT2D eigenvalue weighted by molar-refractivity contribution is -0.126. The number of para-hydroxylation sites is 2. The van der Waals surface area contributed by atoms with E-state index in [4.69, 9.17) is 9.47 Å². The molecule has 1 aliphatic rings. The molecule has 1 aromatic carbocycles. The molecule has 6 heteroatoms. The molecule has 6 nitrogen and oxygen atoms in total. The number of nitrogens with one attached hydrogen (secondary N) is 2. The first kappa shape index (κ1) is 16.3. The minimum absolute atomic E-state index is 0.0831. The summed E-state index contributed by atoms with van der Waals surface area (Å²) in [7, 11) is 0. The van der Waals surface area contributed by atoms with Crippen LogP contribution in [0.5, 0.6) is 17.4 Å². The second-order valence-corrected chi connectivity index (χ2v) is 5.56. The number of hydrogen-bond acceptors (Lipinski definition) is 5. The number of hydrogen-bond donors (Lipinski definition) is 2. The van der Waals surface area contributed by atoms with E-state index in [9.17, 15) is 4.79 Å². The lowest BCUT2D eigenvalue weighted by atomic mass is 10.0. The number of aromatic nitrogens is 1. The van der Waals surface area contributed by atoms with E-state index >= 15 is 0 Å². The van der Waals surface area contributed by atoms with E-state index in [1.54, 1.807) is 12.3 Å². The van der Waals surface area contributed by atoms with Gasteiger partial charge in [-0.15, -0.1) is 0 Å². The summed E-state index contributed by atoms with van der Waals surface area (Å²) >= 11 is 0. The Hall–Kier alpha value is -2.60. The Bertz CT molecular complexity index is 684. The van der Waals surface area contributed by atoms with E-state index in [0.29, 0.717) is 30.5 Å². The smallest absolute Gasteiger partial charge is 0.225 e. The van der Waals surface area contributed by atoms with Crippen molar-refractivity contribution in [1.29, 1.82) is 0 Å². The molecule has 0 unspecified atom stereocenters. The molecule has 24 heavy (non-hydrogen) atoms. The third kappa shape index (κ3) is 4.02. The van der Waals surface area contributed by atoms with Gasteiger partial charge in [0.15, 0.2) is 11.5 Å². The van der Waals surface area contributed by atoms with Gasteiger partial charge < -0.3 is 20.1 Å². The van der Waals surface area contributed by atoms with Gasteiger partial charge in [-0.3, -0.25) is 4.79 Å². The molecule has 0 bridgehead atoms. The van der Waals surface area contributed by atoms with Crippen LogP contribution in [0, 0.1) is 5.92 Å². The normalized spacial score (nSPS) is 13.9. The Morgan fingerprint density at radius 2 is 2.04 bits per heavy atom. The number of carbonyl (C=O) groups is 1. The van der Waals surface area contributed by atoms with Gasteiger partial charge in [-0.1, -0.05) is 18.2 Å². The van der Waals surface area contributed by atoms with Crippen LogP contribution in [-0.2, 0) is 11.3 Å². The molecule has 0 radical (unpaired) electrons. The second kappa shape index (κ2) is 7.79. The van der Waals surface area contributed by atoms with Crippen molar-refractivity contribution in [2.24, 2.45) is 5.92 Å². The third-order valence-electron chi connectivity index (χ3n) is 3.78. The molecule has 0 spiro atoms. The number of ether oxygens (including phenoxy) is 2. The summed E-state index contributed by atoms with van der Waals surface area (Å²) in [5.41, 5.74) is 0.932. The van der Waals surface area contributed by atoms with Crippen LogP contribution < -0.4 is 20.1 Å². The standard InChI is InChI=1S/C18H21N3O3/c1-2-23-15-5-3-4-6-16(15)24-17-8-7-13(9-20-17)10-21-18(22)14-11-19-12-14/h3-9,14,19H,2,10-12H2,1H3,(H,21,22). The molecule has 2 heterocycles. The molecular formula is C18H21N3O3. The highest BCUT2D eigenvalue weighted by atomic mass is 16.5. The Labute approximate surface area is 141 Å². The molecule has 3 rings (SSSR count). The van der Waals surface area contributed by atoms with E-state index in [0.717, 1.165) is 18.7 Å². The van der Waals surface area contributed by atoms with Crippen molar-refractivity contribution in [1.82, 2.24) is 15.6 Å². The van der Waals surface area contributed by atoms with Gasteiger partial charge in [0.25, 0.3) is 0 Å². The Balaban J connectivity index is 1.57. The minimum atomic E-state index is 0.0831. The highest BCUT2D eigenvalue weighted by Crippen LogP contribution is 2.30. The molecule has 1 fully saturated rings. The van der Waals surface area contributed by atoms with Gasteiger partial charge in [-0.25, -0.2) is 4.98 Å². The number of nitrogens with zero attached hydrogens (tertiary/aromatic N) is 1. The predicted molar refractivity (Wildman–Crippen MR) is 90.1 cm³/mol. The molecule has 0 saturated carbocycles. The number of amides is 1. The van der Waals surface area contributed by atoms with Gasteiger partial charge in [-0.05, 0) is 24.6 Å². The van der Waals surface area contributed by atoms with Crippen molar-refractivity contribution in [3.8, 4) is 17.4 Å². The number of rotatable bonds is 7. The SMILES string of the molecule is CCOc1ccccc1Oc1ccc(CNC(=O)C2CNC2)cn1. The highest BCUT2D eigenvalue weighted by Gasteiger charge is 2.24. The van der Waals surface area contributed by atoms with E-state index < -0.39 is 0 Å². The first-order chi connectivity index (χ1) is 11.8. The molecule has 0 atom stereocenters. The van der Waals surface area contributed by atoms with Crippen LogP contribution in [0.1, 0.15) is 12.5 Å². The van der Waals surface area contributed by atoms with Crippen molar-refractivity contribution in [3.05, 3.63) is 48.2 Å². The van der Waals surface area contributed by atoms with Crippen LogP contribution in [0.4, 0.5) is 0 Å². The van der Waals surface area contributed by atoms with Crippen molar-refractivity contribution in [3.63, 3.8) is 0 Å². The molecule has 1 aromatic heterocycles. The number of pyridine rings is 1. The van der Waals surface area contributed by atoms with E-state index in [2.05, 4.69) is 15.6 Å². The summed E-state index contributed by atoms with van der Waals surface area (Å²) in [6, 6.07) is 11.2. The average molecular weight is 327 g/mol. The summed E-state index contributed by atoms with van der Waals surface area (Å²) in [5.74, 6) is 1.98. The minimum Gasteiger partial charge on any atom is -0.490 e. The van der Waals surface area contributed by atoms with E-state index in [1.807, 2.05) is 37.3 Å². The molecule has 1 saturated heterocycles. The lowest BCUT2D eigenvalue weighted by Crippen LogP contribution is -2.50. The Morgan fingerprint density at radius 3 is 2.67 bits per heavy atom. The quantitative estimate of drug-likeness (QED) is 0.815. The average Bonchev–Trinajstić information content (AvgIpc) is 2.55. The van der Waals surface area contributed by atoms with Gasteiger partial charge in [0.1, 0.15) is 0 Å². The largest absolute Gasteiger partial charge is 0.490 e. The van der Waals surface area contributed by atoms with Crippen LogP contribution >= 0.6 is 0 Å². The maximum Gasteiger partial charge on any atom is 0.225 e. The summed E-state index contributed by atoms with van der Waals surface area (Å²) in [5, 5.41) is 6.00. The van der Waals surface area contributed by atoms with Gasteiger partial charge >= 0.3 is 0 Å². The molecule has 2 aromatic rings. The van der Waals surface area contributed by atoms with Crippen LogP contribution in [0.25, 0.3) is 0 Å². The van der Waals surface area contributed by atoms with Gasteiger partial charge in [0, 0.05) is 31.9 Å². The van der Waals surface area contributed by atoms with Crippen molar-refractivity contribution in [2.45, 2.75) is 13.5 Å². The molecule has 126 valence electrons. The molecule has 1 amide bonds. The van der Waals surface area contributed by atoms with Gasteiger partial charge in [0.05, 0.1) is 12.5 Å². The van der Waals surface area contributed by atoms with Crippen molar-refractivity contribution in [2.75, 3.05) is 19.7 Å². The van der Waals surface area contributed by atoms with Gasteiger partial charge in [0.2, 0.25) is 11.8 Å². The number of carbonyl (C=O) groups excluding carboxylic acids is 1. The first-order valence-electron chi connectivity index (χ1n) is 8.09. The van der Waals surface area contributed by atoms with Crippen LogP contribution in [0.3, 0.4) is 0 Å². The zero-order valence-electron chi connectivity index (χ0n) is 13.6. The summed E-state index contributed by atoms with van der Waals surface area (Å²) in [4.78, 5) is 16.1. The lowest BCUT2D eigenvalue weighted by Gasteiger charge is -2.25. The Kier molecular flexibility index (Phi) is 5.28. The topological polar surface area (TPSA) is 72.5 Å². The Morgan fingerprint density at radius 1 is 1.25 bits per heavy atom. The maximum absolute atomic E-state index is 11.8. The van der Waals surface area contributed by atoms with Crippen LogP contribution in [0.2, 0.25) is 0 Å². The molecular weight excluding hydrogens is 306 g/mol. The fourth-order valence-electron chi connectivity index (χ4n) is 2.31. The maximum atomic E-state index is 11.8. The first-order valence-corrected chi connectivity index (χ1v) is 8.09. The van der Waals surface area contributed by atoms with Crippen LogP contribution in [0.15, 0.2) is 42.6 Å². The van der Waals surface area contributed by atoms with E-state index in [1.165, 1.54) is 0 Å².